The highest BCUT2D eigenvalue weighted by Gasteiger charge is 2.18. The number of carbonyl (C=O) groups is 1. The summed E-state index contributed by atoms with van der Waals surface area (Å²) in [6.07, 6.45) is 3.37. The predicted molar refractivity (Wildman–Crippen MR) is 87.0 cm³/mol. The van der Waals surface area contributed by atoms with Gasteiger partial charge < -0.3 is 15.0 Å². The quantitative estimate of drug-likeness (QED) is 0.749. The minimum Gasteiger partial charge on any atom is -0.507 e. The van der Waals surface area contributed by atoms with Gasteiger partial charge in [0, 0.05) is 31.1 Å². The molecule has 25 heavy (non-hydrogen) atoms. The first-order chi connectivity index (χ1) is 12.0. The normalized spacial score (nSPS) is 10.6. The molecule has 2 aromatic carbocycles. The molecule has 0 fully saturated rings. The van der Waals surface area contributed by atoms with E-state index >= 15 is 0 Å². The summed E-state index contributed by atoms with van der Waals surface area (Å²) in [5, 5.41) is 12.1. The third-order valence-corrected chi connectivity index (χ3v) is 3.67. The highest BCUT2D eigenvalue weighted by Crippen LogP contribution is 2.21. The number of rotatable bonds is 5. The van der Waals surface area contributed by atoms with Crippen LogP contribution >= 0.6 is 0 Å². The minimum absolute atomic E-state index is 0.0366. The van der Waals surface area contributed by atoms with Crippen LogP contribution in [0.4, 0.5) is 8.78 Å². The lowest BCUT2D eigenvalue weighted by atomic mass is 10.1. The van der Waals surface area contributed by atoms with Crippen molar-refractivity contribution >= 4 is 5.91 Å². The van der Waals surface area contributed by atoms with Crippen molar-refractivity contribution in [3.63, 3.8) is 0 Å². The molecule has 3 aromatic rings. The molecule has 1 aromatic heterocycles. The van der Waals surface area contributed by atoms with Crippen molar-refractivity contribution < 1.29 is 18.7 Å². The molecule has 0 aliphatic rings. The topological polar surface area (TPSA) is 67.2 Å². The largest absolute Gasteiger partial charge is 0.507 e. The van der Waals surface area contributed by atoms with Crippen molar-refractivity contribution in [2.45, 2.75) is 13.1 Å². The third-order valence-electron chi connectivity index (χ3n) is 3.67. The van der Waals surface area contributed by atoms with Gasteiger partial charge in [-0.1, -0.05) is 30.3 Å². The Morgan fingerprint density at radius 1 is 1.20 bits per heavy atom. The van der Waals surface area contributed by atoms with Gasteiger partial charge in [-0.2, -0.15) is 0 Å². The van der Waals surface area contributed by atoms with Crippen LogP contribution in [0.3, 0.4) is 0 Å². The van der Waals surface area contributed by atoms with Gasteiger partial charge in [0.25, 0.3) is 5.91 Å². The Balaban J connectivity index is 1.71. The van der Waals surface area contributed by atoms with Crippen LogP contribution in [0.25, 0.3) is 0 Å². The first-order valence-corrected chi connectivity index (χ1v) is 7.54. The van der Waals surface area contributed by atoms with Gasteiger partial charge in [0.15, 0.2) is 0 Å². The van der Waals surface area contributed by atoms with Gasteiger partial charge >= 0.3 is 0 Å². The van der Waals surface area contributed by atoms with Crippen LogP contribution in [0, 0.1) is 11.6 Å². The second-order valence-corrected chi connectivity index (χ2v) is 5.42. The molecule has 0 radical (unpaired) electrons. The van der Waals surface area contributed by atoms with Crippen LogP contribution in [0.15, 0.2) is 54.9 Å². The van der Waals surface area contributed by atoms with E-state index < -0.39 is 28.9 Å². The van der Waals surface area contributed by atoms with Gasteiger partial charge in [0.05, 0.1) is 6.54 Å². The fourth-order valence-corrected chi connectivity index (χ4v) is 2.46. The Morgan fingerprint density at radius 2 is 1.96 bits per heavy atom. The summed E-state index contributed by atoms with van der Waals surface area (Å²) in [4.78, 5) is 16.3. The molecule has 0 atom stereocenters. The second-order valence-electron chi connectivity index (χ2n) is 5.42. The summed E-state index contributed by atoms with van der Waals surface area (Å²) >= 11 is 0. The molecule has 7 heteroatoms. The van der Waals surface area contributed by atoms with E-state index in [1.165, 1.54) is 0 Å². The molecule has 0 bridgehead atoms. The van der Waals surface area contributed by atoms with E-state index in [-0.39, 0.29) is 6.54 Å². The SMILES string of the molecule is O=C(NCc1nccn1Cc1ccccc1)c1c(O)cc(F)cc1F. The van der Waals surface area contributed by atoms with Crippen LogP contribution in [0.5, 0.6) is 5.75 Å². The number of aromatic hydroxyl groups is 1. The number of nitrogens with zero attached hydrogens (tertiary/aromatic N) is 2. The zero-order valence-corrected chi connectivity index (χ0v) is 13.1. The summed E-state index contributed by atoms with van der Waals surface area (Å²) in [5.41, 5.74) is 0.470. The van der Waals surface area contributed by atoms with Crippen molar-refractivity contribution in [1.29, 1.82) is 0 Å². The van der Waals surface area contributed by atoms with E-state index in [1.54, 1.807) is 12.4 Å². The molecular formula is C18H15F2N3O2. The van der Waals surface area contributed by atoms with E-state index in [0.29, 0.717) is 24.5 Å². The maximum Gasteiger partial charge on any atom is 0.258 e. The predicted octanol–water partition coefficient (Wildman–Crippen LogP) is 2.85. The Kier molecular flexibility index (Phi) is 4.74. The van der Waals surface area contributed by atoms with E-state index in [1.807, 2.05) is 34.9 Å². The average Bonchev–Trinajstić information content (AvgIpc) is 3.00. The molecule has 0 spiro atoms. The molecule has 0 saturated carbocycles. The Labute approximate surface area is 142 Å². The molecule has 0 saturated heterocycles. The first kappa shape index (κ1) is 16.6. The van der Waals surface area contributed by atoms with Crippen molar-refractivity contribution in [3.05, 3.63) is 83.4 Å². The number of amides is 1. The zero-order valence-electron chi connectivity index (χ0n) is 13.1. The fourth-order valence-electron chi connectivity index (χ4n) is 2.46. The highest BCUT2D eigenvalue weighted by molar-refractivity contribution is 5.97. The average molecular weight is 343 g/mol. The molecule has 0 unspecified atom stereocenters. The van der Waals surface area contributed by atoms with Gasteiger partial charge in [0.2, 0.25) is 0 Å². The van der Waals surface area contributed by atoms with E-state index in [4.69, 9.17) is 0 Å². The lowest BCUT2D eigenvalue weighted by Crippen LogP contribution is -2.26. The lowest BCUT2D eigenvalue weighted by molar-refractivity contribution is 0.0942. The monoisotopic (exact) mass is 343 g/mol. The van der Waals surface area contributed by atoms with Gasteiger partial charge in [0.1, 0.15) is 28.8 Å². The molecule has 128 valence electrons. The number of carbonyl (C=O) groups excluding carboxylic acids is 1. The van der Waals surface area contributed by atoms with Gasteiger partial charge in [-0.25, -0.2) is 13.8 Å². The zero-order chi connectivity index (χ0) is 17.8. The van der Waals surface area contributed by atoms with Crippen LogP contribution < -0.4 is 5.32 Å². The summed E-state index contributed by atoms with van der Waals surface area (Å²) in [6.45, 7) is 0.608. The van der Waals surface area contributed by atoms with Gasteiger partial charge in [-0.3, -0.25) is 4.79 Å². The Morgan fingerprint density at radius 3 is 2.68 bits per heavy atom. The van der Waals surface area contributed by atoms with Gasteiger partial charge in [-0.15, -0.1) is 0 Å². The number of hydrogen-bond acceptors (Lipinski definition) is 3. The summed E-state index contributed by atoms with van der Waals surface area (Å²) in [5.74, 6) is -3.10. The molecule has 0 aliphatic heterocycles. The van der Waals surface area contributed by atoms with Crippen LogP contribution in [-0.2, 0) is 13.1 Å². The smallest absolute Gasteiger partial charge is 0.258 e. The molecule has 0 aliphatic carbocycles. The number of halogens is 2. The second kappa shape index (κ2) is 7.12. The molecule has 5 nitrogen and oxygen atoms in total. The number of phenolic OH excluding ortho intramolecular Hbond substituents is 1. The number of phenols is 1. The number of imidazole rings is 1. The van der Waals surface area contributed by atoms with E-state index in [2.05, 4.69) is 10.3 Å². The highest BCUT2D eigenvalue weighted by atomic mass is 19.1. The van der Waals surface area contributed by atoms with E-state index in [9.17, 15) is 18.7 Å². The molecule has 2 N–H and O–H groups in total. The molecule has 1 heterocycles. The molecule has 1 amide bonds. The molecular weight excluding hydrogens is 328 g/mol. The third kappa shape index (κ3) is 3.82. The van der Waals surface area contributed by atoms with E-state index in [0.717, 1.165) is 5.56 Å². The van der Waals surface area contributed by atoms with Crippen LogP contribution in [-0.4, -0.2) is 20.6 Å². The number of aromatic nitrogens is 2. The van der Waals surface area contributed by atoms with Gasteiger partial charge in [-0.05, 0) is 5.56 Å². The van der Waals surface area contributed by atoms with Crippen LogP contribution in [0.1, 0.15) is 21.7 Å². The standard InChI is InChI=1S/C18H15F2N3O2/c19-13-8-14(20)17(15(24)9-13)18(25)22-10-16-21-6-7-23(16)11-12-4-2-1-3-5-12/h1-9,24H,10-11H2,(H,22,25). The Hall–Kier alpha value is -3.22. The van der Waals surface area contributed by atoms with Crippen LogP contribution in [0.2, 0.25) is 0 Å². The Bertz CT molecular complexity index is 871. The summed E-state index contributed by atoms with van der Waals surface area (Å²) < 4.78 is 28.6. The maximum atomic E-state index is 13.7. The van der Waals surface area contributed by atoms with Crippen molar-refractivity contribution in [2.75, 3.05) is 0 Å². The maximum absolute atomic E-state index is 13.7. The summed E-state index contributed by atoms with van der Waals surface area (Å²) in [6, 6.07) is 10.9. The van der Waals surface area contributed by atoms with Crippen molar-refractivity contribution in [3.8, 4) is 5.75 Å². The summed E-state index contributed by atoms with van der Waals surface area (Å²) in [7, 11) is 0. The first-order valence-electron chi connectivity index (χ1n) is 7.54. The fraction of sp³-hybridized carbons (Fsp3) is 0.111. The molecule has 3 rings (SSSR count). The van der Waals surface area contributed by atoms with Crippen molar-refractivity contribution in [1.82, 2.24) is 14.9 Å². The van der Waals surface area contributed by atoms with Crippen molar-refractivity contribution in [2.24, 2.45) is 0 Å². The number of benzene rings is 2. The number of nitrogens with one attached hydrogen (secondary N) is 1. The number of hydrogen-bond donors (Lipinski definition) is 2. The minimum atomic E-state index is -1.12. The lowest BCUT2D eigenvalue weighted by Gasteiger charge is -2.10.